The van der Waals surface area contributed by atoms with Crippen LogP contribution in [0.25, 0.3) is 0 Å². The van der Waals surface area contributed by atoms with Crippen molar-refractivity contribution < 1.29 is 9.53 Å². The summed E-state index contributed by atoms with van der Waals surface area (Å²) in [5, 5.41) is 7.47. The molecule has 0 aliphatic carbocycles. The standard InChI is InChI=1S/C8H14N4O2/c1-14-6-8(13)7-5-10-11-12(7)4-2-3-9/h5H,2-4,6,9H2,1H3. The molecule has 0 radical (unpaired) electrons. The molecule has 6 heteroatoms. The number of aryl methyl sites for hydroxylation is 1. The highest BCUT2D eigenvalue weighted by molar-refractivity contribution is 5.95. The Morgan fingerprint density at radius 1 is 1.71 bits per heavy atom. The maximum atomic E-state index is 11.4. The minimum Gasteiger partial charge on any atom is -0.376 e. The molecule has 2 N–H and O–H groups in total. The first-order valence-electron chi connectivity index (χ1n) is 4.40. The molecule has 1 aromatic rings. The first-order chi connectivity index (χ1) is 6.79. The van der Waals surface area contributed by atoms with E-state index in [2.05, 4.69) is 10.3 Å². The summed E-state index contributed by atoms with van der Waals surface area (Å²) in [4.78, 5) is 11.4. The first-order valence-corrected chi connectivity index (χ1v) is 4.40. The van der Waals surface area contributed by atoms with Crippen LogP contribution in [0, 0.1) is 0 Å². The Bertz CT molecular complexity index is 297. The van der Waals surface area contributed by atoms with E-state index in [0.717, 1.165) is 6.42 Å². The van der Waals surface area contributed by atoms with E-state index in [1.807, 2.05) is 0 Å². The Balaban J connectivity index is 2.66. The van der Waals surface area contributed by atoms with Crippen LogP contribution >= 0.6 is 0 Å². The predicted octanol–water partition coefficient (Wildman–Crippen LogP) is -0.544. The molecule has 1 rings (SSSR count). The third-order valence-corrected chi connectivity index (χ3v) is 1.75. The summed E-state index contributed by atoms with van der Waals surface area (Å²) in [5.74, 6) is -0.116. The first kappa shape index (κ1) is 10.8. The Morgan fingerprint density at radius 2 is 2.50 bits per heavy atom. The number of hydrogen-bond acceptors (Lipinski definition) is 5. The van der Waals surface area contributed by atoms with Gasteiger partial charge in [-0.1, -0.05) is 5.21 Å². The third-order valence-electron chi connectivity index (χ3n) is 1.75. The van der Waals surface area contributed by atoms with Crippen LogP contribution in [0.2, 0.25) is 0 Å². The molecule has 0 unspecified atom stereocenters. The van der Waals surface area contributed by atoms with Crippen LogP contribution in [-0.4, -0.2) is 41.0 Å². The molecule has 0 aromatic carbocycles. The number of carbonyl (C=O) groups excluding carboxylic acids is 1. The van der Waals surface area contributed by atoms with Crippen LogP contribution in [-0.2, 0) is 11.3 Å². The highest BCUT2D eigenvalue weighted by atomic mass is 16.5. The van der Waals surface area contributed by atoms with Crippen molar-refractivity contribution in [2.75, 3.05) is 20.3 Å². The van der Waals surface area contributed by atoms with Gasteiger partial charge in [-0.25, -0.2) is 4.68 Å². The number of aromatic nitrogens is 3. The maximum absolute atomic E-state index is 11.4. The van der Waals surface area contributed by atoms with Crippen molar-refractivity contribution in [3.63, 3.8) is 0 Å². The highest BCUT2D eigenvalue weighted by Gasteiger charge is 2.11. The van der Waals surface area contributed by atoms with E-state index in [4.69, 9.17) is 10.5 Å². The van der Waals surface area contributed by atoms with Gasteiger partial charge in [-0.3, -0.25) is 4.79 Å². The van der Waals surface area contributed by atoms with Crippen molar-refractivity contribution in [1.82, 2.24) is 15.0 Å². The Kier molecular flexibility index (Phi) is 4.21. The quantitative estimate of drug-likeness (QED) is 0.620. The summed E-state index contributed by atoms with van der Waals surface area (Å²) in [6.07, 6.45) is 2.22. The van der Waals surface area contributed by atoms with Crippen LogP contribution in [0.1, 0.15) is 16.9 Å². The van der Waals surface area contributed by atoms with Gasteiger partial charge in [-0.05, 0) is 13.0 Å². The predicted molar refractivity (Wildman–Crippen MR) is 49.9 cm³/mol. The van der Waals surface area contributed by atoms with Gasteiger partial charge in [0.15, 0.2) is 0 Å². The number of rotatable bonds is 6. The lowest BCUT2D eigenvalue weighted by atomic mass is 10.3. The molecule has 1 heterocycles. The maximum Gasteiger partial charge on any atom is 0.208 e. The molecule has 0 amide bonds. The van der Waals surface area contributed by atoms with Crippen LogP contribution in [0.5, 0.6) is 0 Å². The molecule has 78 valence electrons. The Labute approximate surface area is 82.0 Å². The molecule has 0 bridgehead atoms. The van der Waals surface area contributed by atoms with Gasteiger partial charge in [0.2, 0.25) is 5.78 Å². The zero-order valence-corrected chi connectivity index (χ0v) is 8.14. The van der Waals surface area contributed by atoms with Crippen molar-refractivity contribution in [3.05, 3.63) is 11.9 Å². The molecular weight excluding hydrogens is 184 g/mol. The lowest BCUT2D eigenvalue weighted by molar-refractivity contribution is 0.0836. The minimum absolute atomic E-state index is 0.0516. The van der Waals surface area contributed by atoms with Gasteiger partial charge in [0.05, 0.1) is 6.20 Å². The number of hydrogen-bond donors (Lipinski definition) is 1. The number of nitrogens with two attached hydrogens (primary N) is 1. The zero-order valence-electron chi connectivity index (χ0n) is 8.14. The van der Waals surface area contributed by atoms with E-state index in [1.165, 1.54) is 13.3 Å². The smallest absolute Gasteiger partial charge is 0.208 e. The molecular formula is C8H14N4O2. The highest BCUT2D eigenvalue weighted by Crippen LogP contribution is 1.99. The molecule has 14 heavy (non-hydrogen) atoms. The van der Waals surface area contributed by atoms with E-state index >= 15 is 0 Å². The minimum atomic E-state index is -0.116. The average molecular weight is 198 g/mol. The average Bonchev–Trinajstić information content (AvgIpc) is 2.63. The number of nitrogens with zero attached hydrogens (tertiary/aromatic N) is 3. The van der Waals surface area contributed by atoms with Crippen LogP contribution < -0.4 is 5.73 Å². The molecule has 0 spiro atoms. The van der Waals surface area contributed by atoms with E-state index < -0.39 is 0 Å². The van der Waals surface area contributed by atoms with E-state index in [9.17, 15) is 4.79 Å². The van der Waals surface area contributed by atoms with Crippen molar-refractivity contribution in [1.29, 1.82) is 0 Å². The monoisotopic (exact) mass is 198 g/mol. The summed E-state index contributed by atoms with van der Waals surface area (Å²) in [7, 11) is 1.48. The van der Waals surface area contributed by atoms with Crippen LogP contribution in [0.3, 0.4) is 0 Å². The van der Waals surface area contributed by atoms with Crippen LogP contribution in [0.15, 0.2) is 6.20 Å². The summed E-state index contributed by atoms with van der Waals surface area (Å²) >= 11 is 0. The van der Waals surface area contributed by atoms with Gasteiger partial charge in [-0.15, -0.1) is 5.10 Å². The summed E-state index contributed by atoms with van der Waals surface area (Å²) in [6, 6.07) is 0. The number of Topliss-reactive ketones (excluding diaryl/α,β-unsaturated/α-hetero) is 1. The molecule has 0 saturated heterocycles. The number of ketones is 1. The second kappa shape index (κ2) is 5.46. The van der Waals surface area contributed by atoms with Crippen molar-refractivity contribution in [2.24, 2.45) is 5.73 Å². The normalized spacial score (nSPS) is 10.4. The van der Waals surface area contributed by atoms with Gasteiger partial charge >= 0.3 is 0 Å². The van der Waals surface area contributed by atoms with E-state index in [0.29, 0.717) is 18.8 Å². The van der Waals surface area contributed by atoms with Gasteiger partial charge in [0.25, 0.3) is 0 Å². The van der Waals surface area contributed by atoms with Gasteiger partial charge in [0.1, 0.15) is 12.3 Å². The third kappa shape index (κ3) is 2.61. The molecule has 0 saturated carbocycles. The fourth-order valence-corrected chi connectivity index (χ4v) is 1.08. The van der Waals surface area contributed by atoms with Crippen molar-refractivity contribution in [3.8, 4) is 0 Å². The fourth-order valence-electron chi connectivity index (χ4n) is 1.08. The number of carbonyl (C=O) groups is 1. The molecule has 0 atom stereocenters. The lowest BCUT2D eigenvalue weighted by Crippen LogP contribution is -2.16. The van der Waals surface area contributed by atoms with Crippen molar-refractivity contribution >= 4 is 5.78 Å². The van der Waals surface area contributed by atoms with Crippen molar-refractivity contribution in [2.45, 2.75) is 13.0 Å². The zero-order chi connectivity index (χ0) is 10.4. The Hall–Kier alpha value is -1.27. The number of ether oxygens (including phenoxy) is 1. The van der Waals surface area contributed by atoms with E-state index in [-0.39, 0.29) is 12.4 Å². The fraction of sp³-hybridized carbons (Fsp3) is 0.625. The second-order valence-corrected chi connectivity index (χ2v) is 2.84. The molecule has 0 fully saturated rings. The van der Waals surface area contributed by atoms with Gasteiger partial charge in [-0.2, -0.15) is 0 Å². The topological polar surface area (TPSA) is 83.0 Å². The second-order valence-electron chi connectivity index (χ2n) is 2.84. The summed E-state index contributed by atoms with van der Waals surface area (Å²) < 4.78 is 6.29. The number of methoxy groups -OCH3 is 1. The van der Waals surface area contributed by atoms with Gasteiger partial charge in [0, 0.05) is 13.7 Å². The molecule has 1 aromatic heterocycles. The Morgan fingerprint density at radius 3 is 3.14 bits per heavy atom. The largest absolute Gasteiger partial charge is 0.376 e. The lowest BCUT2D eigenvalue weighted by Gasteiger charge is -2.03. The van der Waals surface area contributed by atoms with Gasteiger partial charge < -0.3 is 10.5 Å². The summed E-state index contributed by atoms with van der Waals surface area (Å²) in [5.41, 5.74) is 5.83. The summed E-state index contributed by atoms with van der Waals surface area (Å²) in [6.45, 7) is 1.23. The van der Waals surface area contributed by atoms with Crippen LogP contribution in [0.4, 0.5) is 0 Å². The SMILES string of the molecule is COCC(=O)c1cnnn1CCCN. The molecule has 0 aliphatic rings. The van der Waals surface area contributed by atoms with E-state index in [1.54, 1.807) is 4.68 Å². The molecule has 0 aliphatic heterocycles. The molecule has 6 nitrogen and oxygen atoms in total.